The Morgan fingerprint density at radius 3 is 2.53 bits per heavy atom. The van der Waals surface area contributed by atoms with Gasteiger partial charge in [-0.15, -0.1) is 0 Å². The Hall–Kier alpha value is -2.13. The smallest absolute Gasteiger partial charge is 0.167 e. The molecule has 0 saturated heterocycles. The largest absolute Gasteiger partial charge is 0.453 e. The summed E-state index contributed by atoms with van der Waals surface area (Å²) in [6.07, 6.45) is 0. The standard InChI is InChI=1S/C13H7BrF2N2O/c14-8-2-1-7(6-17)12(3-8)19-13-5-9(15)11(18)4-10(13)16/h1-5H,18H2. The first-order valence-electron chi connectivity index (χ1n) is 5.13. The highest BCUT2D eigenvalue weighted by atomic mass is 79.9. The molecule has 0 unspecified atom stereocenters. The number of nitriles is 1. The van der Waals surface area contributed by atoms with E-state index < -0.39 is 11.6 Å². The van der Waals surface area contributed by atoms with Crippen LogP contribution in [0.1, 0.15) is 5.56 Å². The normalized spacial score (nSPS) is 10.0. The second-order valence-electron chi connectivity index (χ2n) is 3.66. The summed E-state index contributed by atoms with van der Waals surface area (Å²) in [6.45, 7) is 0. The number of anilines is 1. The summed E-state index contributed by atoms with van der Waals surface area (Å²) in [6, 6.07) is 8.21. The summed E-state index contributed by atoms with van der Waals surface area (Å²) in [4.78, 5) is 0. The van der Waals surface area contributed by atoms with Crippen molar-refractivity contribution in [3.8, 4) is 17.6 Å². The van der Waals surface area contributed by atoms with Gasteiger partial charge in [0, 0.05) is 16.6 Å². The number of benzene rings is 2. The Balaban J connectivity index is 2.45. The van der Waals surface area contributed by atoms with E-state index in [-0.39, 0.29) is 22.7 Å². The Morgan fingerprint density at radius 2 is 1.84 bits per heavy atom. The fourth-order valence-corrected chi connectivity index (χ4v) is 1.75. The summed E-state index contributed by atoms with van der Waals surface area (Å²) >= 11 is 3.21. The van der Waals surface area contributed by atoms with Crippen molar-refractivity contribution >= 4 is 21.6 Å². The summed E-state index contributed by atoms with van der Waals surface area (Å²) in [7, 11) is 0. The van der Waals surface area contributed by atoms with Crippen molar-refractivity contribution < 1.29 is 13.5 Å². The molecule has 0 aliphatic heterocycles. The number of hydrogen-bond donors (Lipinski definition) is 1. The van der Waals surface area contributed by atoms with E-state index in [9.17, 15) is 8.78 Å². The molecule has 2 rings (SSSR count). The molecule has 2 N–H and O–H groups in total. The molecule has 0 aliphatic carbocycles. The number of nitrogen functional groups attached to an aromatic ring is 1. The van der Waals surface area contributed by atoms with Crippen LogP contribution < -0.4 is 10.5 Å². The van der Waals surface area contributed by atoms with Crippen molar-refractivity contribution in [2.75, 3.05) is 5.73 Å². The summed E-state index contributed by atoms with van der Waals surface area (Å²) in [5.41, 5.74) is 5.13. The molecule has 2 aromatic carbocycles. The zero-order chi connectivity index (χ0) is 14.0. The molecule has 0 amide bonds. The van der Waals surface area contributed by atoms with Crippen LogP contribution in [0.4, 0.5) is 14.5 Å². The van der Waals surface area contributed by atoms with Gasteiger partial charge < -0.3 is 10.5 Å². The molecule has 3 nitrogen and oxygen atoms in total. The lowest BCUT2D eigenvalue weighted by Gasteiger charge is -2.09. The summed E-state index contributed by atoms with van der Waals surface area (Å²) in [5, 5.41) is 8.92. The molecule has 0 bridgehead atoms. The minimum atomic E-state index is -0.803. The molecule has 0 radical (unpaired) electrons. The van der Waals surface area contributed by atoms with Crippen molar-refractivity contribution in [3.63, 3.8) is 0 Å². The van der Waals surface area contributed by atoms with E-state index in [1.165, 1.54) is 12.1 Å². The molecule has 0 aliphatic rings. The maximum Gasteiger partial charge on any atom is 0.167 e. The van der Waals surface area contributed by atoms with Crippen molar-refractivity contribution in [1.82, 2.24) is 0 Å². The average Bonchev–Trinajstić information content (AvgIpc) is 2.36. The van der Waals surface area contributed by atoms with E-state index >= 15 is 0 Å². The van der Waals surface area contributed by atoms with E-state index in [1.807, 2.05) is 6.07 Å². The highest BCUT2D eigenvalue weighted by molar-refractivity contribution is 9.10. The van der Waals surface area contributed by atoms with Gasteiger partial charge in [0.05, 0.1) is 11.3 Å². The van der Waals surface area contributed by atoms with Crippen LogP contribution in [0.2, 0.25) is 0 Å². The van der Waals surface area contributed by atoms with Gasteiger partial charge in [-0.25, -0.2) is 8.78 Å². The van der Waals surface area contributed by atoms with Gasteiger partial charge in [-0.3, -0.25) is 0 Å². The first-order valence-corrected chi connectivity index (χ1v) is 5.92. The number of ether oxygens (including phenoxy) is 1. The van der Waals surface area contributed by atoms with Crippen LogP contribution in [-0.2, 0) is 0 Å². The van der Waals surface area contributed by atoms with Gasteiger partial charge in [-0.1, -0.05) is 15.9 Å². The van der Waals surface area contributed by atoms with Crippen molar-refractivity contribution in [2.24, 2.45) is 0 Å². The molecule has 0 atom stereocenters. The summed E-state index contributed by atoms with van der Waals surface area (Å²) in [5.74, 6) is -1.80. The highest BCUT2D eigenvalue weighted by Crippen LogP contribution is 2.31. The zero-order valence-corrected chi connectivity index (χ0v) is 11.0. The molecule has 0 fully saturated rings. The van der Waals surface area contributed by atoms with Gasteiger partial charge in [0.1, 0.15) is 17.6 Å². The monoisotopic (exact) mass is 324 g/mol. The molecule has 6 heteroatoms. The van der Waals surface area contributed by atoms with Crippen molar-refractivity contribution in [1.29, 1.82) is 5.26 Å². The first kappa shape index (κ1) is 13.3. The molecular formula is C13H7BrF2N2O. The Labute approximate surface area is 116 Å². The minimum absolute atomic E-state index is 0.125. The van der Waals surface area contributed by atoms with Gasteiger partial charge in [0.2, 0.25) is 0 Å². The average molecular weight is 325 g/mol. The van der Waals surface area contributed by atoms with Crippen LogP contribution in [0.15, 0.2) is 34.8 Å². The Bertz CT molecular complexity index is 683. The van der Waals surface area contributed by atoms with Crippen LogP contribution in [0, 0.1) is 23.0 Å². The van der Waals surface area contributed by atoms with Crippen LogP contribution in [0.25, 0.3) is 0 Å². The third kappa shape index (κ3) is 2.83. The van der Waals surface area contributed by atoms with Crippen molar-refractivity contribution in [2.45, 2.75) is 0 Å². The Morgan fingerprint density at radius 1 is 1.11 bits per heavy atom. The third-order valence-electron chi connectivity index (χ3n) is 2.34. The SMILES string of the molecule is N#Cc1ccc(Br)cc1Oc1cc(F)c(N)cc1F. The van der Waals surface area contributed by atoms with Gasteiger partial charge in [-0.05, 0) is 18.2 Å². The highest BCUT2D eigenvalue weighted by Gasteiger charge is 2.12. The maximum absolute atomic E-state index is 13.6. The van der Waals surface area contributed by atoms with Crippen LogP contribution in [-0.4, -0.2) is 0 Å². The molecule has 2 aromatic rings. The fraction of sp³-hybridized carbons (Fsp3) is 0. The fourth-order valence-electron chi connectivity index (χ4n) is 1.41. The third-order valence-corrected chi connectivity index (χ3v) is 2.83. The molecular weight excluding hydrogens is 318 g/mol. The Kier molecular flexibility index (Phi) is 3.67. The predicted molar refractivity (Wildman–Crippen MR) is 69.7 cm³/mol. The van der Waals surface area contributed by atoms with E-state index in [0.717, 1.165) is 12.1 Å². The lowest BCUT2D eigenvalue weighted by molar-refractivity contribution is 0.436. The van der Waals surface area contributed by atoms with Crippen LogP contribution >= 0.6 is 15.9 Å². The van der Waals surface area contributed by atoms with Gasteiger partial charge >= 0.3 is 0 Å². The van der Waals surface area contributed by atoms with E-state index in [1.54, 1.807) is 6.07 Å². The number of rotatable bonds is 2. The topological polar surface area (TPSA) is 59.0 Å². The molecule has 0 spiro atoms. The zero-order valence-electron chi connectivity index (χ0n) is 9.45. The molecule has 96 valence electrons. The molecule has 19 heavy (non-hydrogen) atoms. The van der Waals surface area contributed by atoms with Gasteiger partial charge in [0.15, 0.2) is 11.6 Å². The van der Waals surface area contributed by atoms with Gasteiger partial charge in [0.25, 0.3) is 0 Å². The number of hydrogen-bond acceptors (Lipinski definition) is 3. The molecule has 0 saturated carbocycles. The lowest BCUT2D eigenvalue weighted by atomic mass is 10.2. The lowest BCUT2D eigenvalue weighted by Crippen LogP contribution is -1.96. The first-order chi connectivity index (χ1) is 9.01. The van der Waals surface area contributed by atoms with E-state index in [4.69, 9.17) is 15.7 Å². The molecule has 0 heterocycles. The van der Waals surface area contributed by atoms with Crippen LogP contribution in [0.5, 0.6) is 11.5 Å². The second kappa shape index (κ2) is 5.24. The van der Waals surface area contributed by atoms with E-state index in [2.05, 4.69) is 15.9 Å². The summed E-state index contributed by atoms with van der Waals surface area (Å²) < 4.78 is 32.7. The van der Waals surface area contributed by atoms with E-state index in [0.29, 0.717) is 4.47 Å². The minimum Gasteiger partial charge on any atom is -0.453 e. The number of nitrogens with zero attached hydrogens (tertiary/aromatic N) is 1. The quantitative estimate of drug-likeness (QED) is 0.850. The van der Waals surface area contributed by atoms with Crippen molar-refractivity contribution in [3.05, 3.63) is 52.0 Å². The van der Waals surface area contributed by atoms with Gasteiger partial charge in [-0.2, -0.15) is 5.26 Å². The van der Waals surface area contributed by atoms with Crippen LogP contribution in [0.3, 0.4) is 0 Å². The number of halogens is 3. The maximum atomic E-state index is 13.6. The molecule has 0 aromatic heterocycles. The number of nitrogens with two attached hydrogens (primary N) is 1. The second-order valence-corrected chi connectivity index (χ2v) is 4.57. The predicted octanol–water partition coefficient (Wildman–Crippen LogP) is 3.97.